The minimum absolute atomic E-state index is 0.102. The molecule has 1 rings (SSSR count). The van der Waals surface area contributed by atoms with E-state index < -0.39 is 6.43 Å². The summed E-state index contributed by atoms with van der Waals surface area (Å²) in [6.07, 6.45) is -0.145. The molecule has 0 radical (unpaired) electrons. The molecule has 0 aliphatic heterocycles. The molecule has 0 N–H and O–H groups in total. The molecule has 0 spiro atoms. The fourth-order valence-corrected chi connectivity index (χ4v) is 1.58. The molecule has 0 fully saturated rings. The highest BCUT2D eigenvalue weighted by molar-refractivity contribution is 5.64. The van der Waals surface area contributed by atoms with Gasteiger partial charge in [-0.1, -0.05) is 6.92 Å². The average molecular weight is 284 g/mol. The van der Waals surface area contributed by atoms with Gasteiger partial charge in [0.25, 0.3) is 6.43 Å². The fraction of sp³-hybridized carbons (Fsp3) is 0.533. The van der Waals surface area contributed by atoms with Crippen LogP contribution in [0, 0.1) is 6.92 Å². The van der Waals surface area contributed by atoms with Crippen molar-refractivity contribution in [1.29, 1.82) is 0 Å². The number of alkyl halides is 2. The van der Waals surface area contributed by atoms with Crippen molar-refractivity contribution in [3.63, 3.8) is 0 Å². The summed E-state index contributed by atoms with van der Waals surface area (Å²) >= 11 is 0. The standard InChI is InChI=1S/C15H22F2N2O/c1-5-7-20-14-8-11(3)13(9-12(14)15(16)17)18-10-19(4)6-2/h8-10,15H,5-7H2,1-4H3. The smallest absolute Gasteiger partial charge is 0.267 e. The zero-order valence-electron chi connectivity index (χ0n) is 12.5. The Balaban J connectivity index is 3.09. The van der Waals surface area contributed by atoms with E-state index in [0.717, 1.165) is 18.5 Å². The van der Waals surface area contributed by atoms with Crippen LogP contribution < -0.4 is 4.74 Å². The van der Waals surface area contributed by atoms with Gasteiger partial charge in [-0.3, -0.25) is 0 Å². The molecule has 112 valence electrons. The zero-order valence-corrected chi connectivity index (χ0v) is 12.5. The van der Waals surface area contributed by atoms with Gasteiger partial charge in [0.2, 0.25) is 0 Å². The summed E-state index contributed by atoms with van der Waals surface area (Å²) in [5, 5.41) is 0. The minimum Gasteiger partial charge on any atom is -0.493 e. The fourth-order valence-electron chi connectivity index (χ4n) is 1.58. The van der Waals surface area contributed by atoms with Gasteiger partial charge in [-0.15, -0.1) is 0 Å². The quantitative estimate of drug-likeness (QED) is 0.550. The zero-order chi connectivity index (χ0) is 15.1. The van der Waals surface area contributed by atoms with E-state index in [1.165, 1.54) is 6.07 Å². The van der Waals surface area contributed by atoms with Crippen LogP contribution in [-0.4, -0.2) is 31.4 Å². The van der Waals surface area contributed by atoms with Crippen molar-refractivity contribution in [2.75, 3.05) is 20.2 Å². The summed E-state index contributed by atoms with van der Waals surface area (Å²) in [6, 6.07) is 3.04. The number of hydrogen-bond donors (Lipinski definition) is 0. The van der Waals surface area contributed by atoms with Crippen molar-refractivity contribution < 1.29 is 13.5 Å². The molecule has 0 aromatic heterocycles. The molecule has 0 aliphatic carbocycles. The number of aliphatic imine (C=N–C) groups is 1. The second-order valence-corrected chi connectivity index (χ2v) is 4.64. The maximum Gasteiger partial charge on any atom is 0.267 e. The maximum absolute atomic E-state index is 13.1. The van der Waals surface area contributed by atoms with Crippen molar-refractivity contribution >= 4 is 12.0 Å². The van der Waals surface area contributed by atoms with Crippen molar-refractivity contribution in [3.8, 4) is 5.75 Å². The van der Waals surface area contributed by atoms with Crippen LogP contribution in [0.15, 0.2) is 17.1 Å². The third-order valence-corrected chi connectivity index (χ3v) is 2.92. The molecule has 1 aromatic rings. The highest BCUT2D eigenvalue weighted by Crippen LogP contribution is 2.35. The predicted octanol–water partition coefficient (Wildman–Crippen LogP) is 4.33. The second-order valence-electron chi connectivity index (χ2n) is 4.64. The van der Waals surface area contributed by atoms with Gasteiger partial charge in [0.1, 0.15) is 5.75 Å². The van der Waals surface area contributed by atoms with Crippen molar-refractivity contribution in [2.45, 2.75) is 33.6 Å². The normalized spacial score (nSPS) is 11.3. The lowest BCUT2D eigenvalue weighted by molar-refractivity contribution is 0.145. The molecule has 20 heavy (non-hydrogen) atoms. The van der Waals surface area contributed by atoms with Crippen molar-refractivity contribution in [3.05, 3.63) is 23.3 Å². The largest absolute Gasteiger partial charge is 0.493 e. The number of hydrogen-bond acceptors (Lipinski definition) is 2. The van der Waals surface area contributed by atoms with Gasteiger partial charge in [-0.2, -0.15) is 0 Å². The molecule has 0 saturated heterocycles. The molecule has 5 heteroatoms. The monoisotopic (exact) mass is 284 g/mol. The van der Waals surface area contributed by atoms with E-state index in [2.05, 4.69) is 4.99 Å². The van der Waals surface area contributed by atoms with Crippen molar-refractivity contribution in [2.24, 2.45) is 4.99 Å². The summed E-state index contributed by atoms with van der Waals surface area (Å²) in [7, 11) is 1.88. The molecule has 0 saturated carbocycles. The molecule has 1 aromatic carbocycles. The molecule has 3 nitrogen and oxygen atoms in total. The van der Waals surface area contributed by atoms with Crippen LogP contribution >= 0.6 is 0 Å². The van der Waals surface area contributed by atoms with Gasteiger partial charge in [0, 0.05) is 13.6 Å². The number of nitrogens with zero attached hydrogens (tertiary/aromatic N) is 2. The van der Waals surface area contributed by atoms with E-state index in [-0.39, 0.29) is 11.3 Å². The minimum atomic E-state index is -2.57. The van der Waals surface area contributed by atoms with Gasteiger partial charge in [-0.25, -0.2) is 13.8 Å². The first-order chi connectivity index (χ1) is 9.49. The Labute approximate surface area is 119 Å². The van der Waals surface area contributed by atoms with Crippen LogP contribution in [0.5, 0.6) is 5.75 Å². The van der Waals surface area contributed by atoms with E-state index >= 15 is 0 Å². The predicted molar refractivity (Wildman–Crippen MR) is 78.4 cm³/mol. The van der Waals surface area contributed by atoms with Crippen LogP contribution in [0.1, 0.15) is 37.8 Å². The summed E-state index contributed by atoms with van der Waals surface area (Å²) in [4.78, 5) is 6.13. The topological polar surface area (TPSA) is 24.8 Å². The molecule has 0 amide bonds. The lowest BCUT2D eigenvalue weighted by atomic mass is 10.1. The Bertz CT molecular complexity index is 461. The first-order valence-corrected chi connectivity index (χ1v) is 6.79. The Morgan fingerprint density at radius 3 is 2.60 bits per heavy atom. The van der Waals surface area contributed by atoms with Gasteiger partial charge >= 0.3 is 0 Å². The van der Waals surface area contributed by atoms with Gasteiger partial charge in [-0.05, 0) is 38.0 Å². The third-order valence-electron chi connectivity index (χ3n) is 2.92. The molecule has 0 atom stereocenters. The molecule has 0 unspecified atom stereocenters. The molecule has 0 bridgehead atoms. The lowest BCUT2D eigenvalue weighted by Crippen LogP contribution is -2.14. The second kappa shape index (κ2) is 7.82. The number of benzene rings is 1. The van der Waals surface area contributed by atoms with Crippen molar-refractivity contribution in [1.82, 2.24) is 4.90 Å². The van der Waals surface area contributed by atoms with E-state index in [0.29, 0.717) is 12.3 Å². The van der Waals surface area contributed by atoms with Gasteiger partial charge < -0.3 is 9.64 Å². The number of ether oxygens (including phenoxy) is 1. The molecular weight excluding hydrogens is 262 g/mol. The molecule has 0 heterocycles. The number of rotatable bonds is 7. The van der Waals surface area contributed by atoms with E-state index in [1.807, 2.05) is 32.7 Å². The summed E-state index contributed by atoms with van der Waals surface area (Å²) in [5.74, 6) is 0.252. The first-order valence-electron chi connectivity index (χ1n) is 6.79. The maximum atomic E-state index is 13.1. The Hall–Kier alpha value is -1.65. The van der Waals surface area contributed by atoms with Crippen LogP contribution in [0.4, 0.5) is 14.5 Å². The van der Waals surface area contributed by atoms with Crippen LogP contribution in [-0.2, 0) is 0 Å². The summed E-state index contributed by atoms with van der Waals surface area (Å²) < 4.78 is 31.6. The Morgan fingerprint density at radius 1 is 1.35 bits per heavy atom. The van der Waals surface area contributed by atoms with E-state index in [4.69, 9.17) is 4.74 Å². The first kappa shape index (κ1) is 16.4. The SMILES string of the molecule is CCCOc1cc(C)c(N=CN(C)CC)cc1C(F)F. The molecular formula is C15H22F2N2O. The Kier molecular flexibility index (Phi) is 6.42. The van der Waals surface area contributed by atoms with E-state index in [9.17, 15) is 8.78 Å². The van der Waals surface area contributed by atoms with Gasteiger partial charge in [0.15, 0.2) is 0 Å². The van der Waals surface area contributed by atoms with E-state index in [1.54, 1.807) is 12.4 Å². The summed E-state index contributed by atoms with van der Waals surface area (Å²) in [5.41, 5.74) is 1.26. The number of halogens is 2. The highest BCUT2D eigenvalue weighted by Gasteiger charge is 2.16. The summed E-state index contributed by atoms with van der Waals surface area (Å²) in [6.45, 7) is 7.01. The highest BCUT2D eigenvalue weighted by atomic mass is 19.3. The Morgan fingerprint density at radius 2 is 2.05 bits per heavy atom. The van der Waals surface area contributed by atoms with Crippen LogP contribution in [0.3, 0.4) is 0 Å². The average Bonchev–Trinajstić information content (AvgIpc) is 2.43. The van der Waals surface area contributed by atoms with Crippen LogP contribution in [0.2, 0.25) is 0 Å². The molecule has 0 aliphatic rings. The van der Waals surface area contributed by atoms with Crippen LogP contribution in [0.25, 0.3) is 0 Å². The third kappa shape index (κ3) is 4.47. The van der Waals surface area contributed by atoms with Gasteiger partial charge in [0.05, 0.1) is 24.2 Å². The number of aryl methyl sites for hydroxylation is 1. The lowest BCUT2D eigenvalue weighted by Gasteiger charge is -2.14.